The largest absolute Gasteiger partial charge is 1.00 e. The van der Waals surface area contributed by atoms with Crippen molar-refractivity contribution in [1.82, 2.24) is 18.7 Å². The van der Waals surface area contributed by atoms with Gasteiger partial charge in [-0.25, -0.2) is 0 Å². The lowest BCUT2D eigenvalue weighted by atomic mass is 10.6. The first kappa shape index (κ1) is 32.6. The normalized spacial score (nSPS) is 12.4. The molecule has 0 aliphatic carbocycles. The summed E-state index contributed by atoms with van der Waals surface area (Å²) in [6, 6.07) is 0. The first-order valence-corrected chi connectivity index (χ1v) is 12.5. The molecule has 0 heterocycles. The fourth-order valence-electron chi connectivity index (χ4n) is 3.83. The van der Waals surface area contributed by atoms with Gasteiger partial charge in [-0.3, -0.25) is 0 Å². The monoisotopic (exact) mass is 474 g/mol. The maximum atomic E-state index is 5.51. The minimum atomic E-state index is -2.04. The molecule has 0 fully saturated rings. The van der Waals surface area contributed by atoms with Crippen molar-refractivity contribution in [2.75, 3.05) is 107 Å². The van der Waals surface area contributed by atoms with Gasteiger partial charge in [0, 0.05) is 54.6 Å². The van der Waals surface area contributed by atoms with E-state index in [2.05, 4.69) is 46.4 Å². The Morgan fingerprint density at radius 1 is 0.467 bits per heavy atom. The number of hydrogen-bond donors (Lipinski definition) is 0. The third-order valence-electron chi connectivity index (χ3n) is 5.19. The molecule has 0 saturated carbocycles. The molecular formula is C20H48ClN4O4P. The van der Waals surface area contributed by atoms with Crippen LogP contribution in [0.1, 0.15) is 27.7 Å². The van der Waals surface area contributed by atoms with E-state index in [1.807, 2.05) is 0 Å². The number of ether oxygens (including phenoxy) is 4. The fraction of sp³-hybridized carbons (Fsp3) is 1.00. The predicted octanol–water partition coefficient (Wildman–Crippen LogP) is -0.459. The van der Waals surface area contributed by atoms with Crippen LogP contribution >= 0.6 is 7.87 Å². The highest BCUT2D eigenvalue weighted by molar-refractivity contribution is 7.66. The fourth-order valence-corrected chi connectivity index (χ4v) is 8.89. The Hall–Kier alpha value is 0.400. The van der Waals surface area contributed by atoms with Crippen LogP contribution < -0.4 is 12.4 Å². The zero-order chi connectivity index (χ0) is 22.1. The van der Waals surface area contributed by atoms with Gasteiger partial charge in [-0.15, -0.1) is 18.7 Å². The van der Waals surface area contributed by atoms with Gasteiger partial charge in [0.05, 0.1) is 52.6 Å². The van der Waals surface area contributed by atoms with Crippen LogP contribution in [-0.4, -0.2) is 126 Å². The van der Waals surface area contributed by atoms with Crippen LogP contribution in [0.2, 0.25) is 0 Å². The Balaban J connectivity index is 0. The lowest BCUT2D eigenvalue weighted by molar-refractivity contribution is -0.00000807. The molecule has 0 aliphatic heterocycles. The number of rotatable bonds is 20. The van der Waals surface area contributed by atoms with Gasteiger partial charge in [0.1, 0.15) is 0 Å². The van der Waals surface area contributed by atoms with E-state index in [1.165, 1.54) is 0 Å². The van der Waals surface area contributed by atoms with Gasteiger partial charge in [0.2, 0.25) is 0 Å². The summed E-state index contributed by atoms with van der Waals surface area (Å²) in [6.07, 6.45) is 0. The quantitative estimate of drug-likeness (QED) is 0.220. The van der Waals surface area contributed by atoms with E-state index in [0.29, 0.717) is 26.4 Å². The highest BCUT2D eigenvalue weighted by Gasteiger charge is 2.59. The van der Waals surface area contributed by atoms with Crippen LogP contribution in [0.4, 0.5) is 0 Å². The number of hydrogen-bond acceptors (Lipinski definition) is 8. The average molecular weight is 475 g/mol. The zero-order valence-electron chi connectivity index (χ0n) is 20.7. The highest BCUT2D eigenvalue weighted by atomic mass is 35.5. The van der Waals surface area contributed by atoms with Gasteiger partial charge in [-0.05, 0) is 27.7 Å². The van der Waals surface area contributed by atoms with Crippen LogP contribution in [0.5, 0.6) is 0 Å². The van der Waals surface area contributed by atoms with Crippen molar-refractivity contribution in [3.8, 4) is 0 Å². The number of nitrogens with zero attached hydrogens (tertiary/aromatic N) is 4. The molecule has 0 aliphatic rings. The molecule has 0 aromatic carbocycles. The average Bonchev–Trinajstić information content (AvgIpc) is 2.74. The molecule has 0 rings (SSSR count). The smallest absolute Gasteiger partial charge is 0.308 e. The molecule has 10 heteroatoms. The van der Waals surface area contributed by atoms with Crippen molar-refractivity contribution in [2.24, 2.45) is 0 Å². The molecule has 0 radical (unpaired) electrons. The van der Waals surface area contributed by atoms with E-state index in [1.54, 1.807) is 28.4 Å². The molecule has 0 bridgehead atoms. The Bertz CT molecular complexity index is 331. The van der Waals surface area contributed by atoms with E-state index in [4.69, 9.17) is 18.9 Å². The van der Waals surface area contributed by atoms with Crippen LogP contribution in [0.15, 0.2) is 0 Å². The summed E-state index contributed by atoms with van der Waals surface area (Å²) in [7, 11) is 5.06. The highest BCUT2D eigenvalue weighted by Crippen LogP contribution is 2.69. The maximum absolute atomic E-state index is 5.51. The standard InChI is InChI=1S/C20H48N4O4P.ClH/c1-9-21(10-2)29(22(11-3)12-4,23(13-17-25-5)14-18-26-6)24(15-19-27-7)16-20-28-8;/h9-20H2,1-8H3;1H/q+1;/p-1. The van der Waals surface area contributed by atoms with E-state index in [-0.39, 0.29) is 12.4 Å². The first-order chi connectivity index (χ1) is 14.1. The van der Waals surface area contributed by atoms with Crippen LogP contribution in [0, 0.1) is 0 Å². The molecule has 0 N–H and O–H groups in total. The summed E-state index contributed by atoms with van der Waals surface area (Å²) in [5.74, 6) is 0. The van der Waals surface area contributed by atoms with Crippen molar-refractivity contribution >= 4 is 7.87 Å². The summed E-state index contributed by atoms with van der Waals surface area (Å²) in [5, 5.41) is 0. The number of methoxy groups -OCH3 is 4. The SMILES string of the molecule is CCN(CC)[P+](N(CC)CC)(N(CCOC)CCOC)N(CCOC)CCOC.[Cl-]. The predicted molar refractivity (Wildman–Crippen MR) is 123 cm³/mol. The van der Waals surface area contributed by atoms with Crippen molar-refractivity contribution in [3.05, 3.63) is 0 Å². The molecule has 184 valence electrons. The van der Waals surface area contributed by atoms with E-state index >= 15 is 0 Å². The van der Waals surface area contributed by atoms with E-state index in [9.17, 15) is 0 Å². The van der Waals surface area contributed by atoms with Gasteiger partial charge in [0.25, 0.3) is 0 Å². The summed E-state index contributed by atoms with van der Waals surface area (Å²) in [5.41, 5.74) is 0. The minimum Gasteiger partial charge on any atom is -1.00 e. The van der Waals surface area contributed by atoms with Gasteiger partial charge < -0.3 is 31.4 Å². The Morgan fingerprint density at radius 2 is 0.700 bits per heavy atom. The van der Waals surface area contributed by atoms with Gasteiger partial charge in [-0.1, -0.05) is 0 Å². The van der Waals surface area contributed by atoms with Gasteiger partial charge >= 0.3 is 7.87 Å². The minimum absolute atomic E-state index is 0. The molecule has 0 amide bonds. The molecule has 0 unspecified atom stereocenters. The van der Waals surface area contributed by atoms with Crippen LogP contribution in [-0.2, 0) is 18.9 Å². The molecule has 8 nitrogen and oxygen atoms in total. The molecule has 30 heavy (non-hydrogen) atoms. The van der Waals surface area contributed by atoms with Crippen LogP contribution in [0.3, 0.4) is 0 Å². The van der Waals surface area contributed by atoms with Crippen molar-refractivity contribution < 1.29 is 31.4 Å². The van der Waals surface area contributed by atoms with Crippen LogP contribution in [0.25, 0.3) is 0 Å². The van der Waals surface area contributed by atoms with E-state index < -0.39 is 7.87 Å². The number of halogens is 1. The second-order valence-electron chi connectivity index (χ2n) is 6.69. The maximum Gasteiger partial charge on any atom is 0.308 e. The second kappa shape index (κ2) is 20.0. The van der Waals surface area contributed by atoms with Gasteiger partial charge in [-0.2, -0.15) is 0 Å². The second-order valence-corrected chi connectivity index (χ2v) is 10.0. The van der Waals surface area contributed by atoms with Crippen molar-refractivity contribution in [2.45, 2.75) is 27.7 Å². The molecule has 0 saturated heterocycles. The molecular weight excluding hydrogens is 427 g/mol. The molecule has 0 aromatic rings. The topological polar surface area (TPSA) is 49.9 Å². The third-order valence-corrected chi connectivity index (χ3v) is 10.2. The first-order valence-electron chi connectivity index (χ1n) is 10.9. The summed E-state index contributed by atoms with van der Waals surface area (Å²) >= 11 is 0. The summed E-state index contributed by atoms with van der Waals surface area (Å²) in [4.78, 5) is 0. The van der Waals surface area contributed by atoms with Crippen molar-refractivity contribution in [3.63, 3.8) is 0 Å². The summed E-state index contributed by atoms with van der Waals surface area (Å²) in [6.45, 7) is 19.2. The Morgan fingerprint density at radius 3 is 0.867 bits per heavy atom. The molecule has 0 spiro atoms. The lowest BCUT2D eigenvalue weighted by Crippen LogP contribution is -3.00. The summed E-state index contributed by atoms with van der Waals surface area (Å²) < 4.78 is 32.6. The van der Waals surface area contributed by atoms with E-state index in [0.717, 1.165) is 52.4 Å². The Labute approximate surface area is 193 Å². The lowest BCUT2D eigenvalue weighted by Gasteiger charge is -2.50. The zero-order valence-corrected chi connectivity index (χ0v) is 22.4. The molecule has 0 atom stereocenters. The third kappa shape index (κ3) is 9.10. The van der Waals surface area contributed by atoms with Gasteiger partial charge in [0.15, 0.2) is 0 Å². The van der Waals surface area contributed by atoms with Crippen molar-refractivity contribution in [1.29, 1.82) is 0 Å². The molecule has 0 aromatic heterocycles. The Kier molecular flexibility index (Phi) is 21.8.